The van der Waals surface area contributed by atoms with Crippen molar-refractivity contribution in [3.05, 3.63) is 34.9 Å². The van der Waals surface area contributed by atoms with Gasteiger partial charge < -0.3 is 9.84 Å². The molecule has 1 rings (SSSR count). The molecule has 0 saturated carbocycles. The molecule has 1 aromatic rings. The van der Waals surface area contributed by atoms with Crippen LogP contribution in [0.2, 0.25) is 5.02 Å². The molecule has 0 saturated heterocycles. The Balaban J connectivity index is 3.18. The Hall–Kier alpha value is -1.48. The predicted octanol–water partition coefficient (Wildman–Crippen LogP) is 4.40. The summed E-state index contributed by atoms with van der Waals surface area (Å²) in [6.45, 7) is 4.63. The molecule has 0 aliphatic rings. The maximum atomic E-state index is 10.9. The second-order valence-corrected chi connectivity index (χ2v) is 4.68. The van der Waals surface area contributed by atoms with Crippen molar-refractivity contribution < 1.29 is 14.6 Å². The fourth-order valence-corrected chi connectivity index (χ4v) is 1.97. The summed E-state index contributed by atoms with van der Waals surface area (Å²) in [5.74, 6) is -0.267. The number of carbonyl (C=O) groups is 1. The van der Waals surface area contributed by atoms with E-state index in [1.165, 1.54) is 6.08 Å². The first-order valence-electron chi connectivity index (χ1n) is 6.44. The summed E-state index contributed by atoms with van der Waals surface area (Å²) >= 11 is 6.00. The first-order valence-corrected chi connectivity index (χ1v) is 6.82. The number of carboxylic acid groups (broad SMARTS) is 1. The molecule has 0 atom stereocenters. The summed E-state index contributed by atoms with van der Waals surface area (Å²) in [6.07, 6.45) is 3.66. The van der Waals surface area contributed by atoms with Crippen molar-refractivity contribution in [2.24, 2.45) is 0 Å². The smallest absolute Gasteiger partial charge is 0.328 e. The molecule has 0 amide bonds. The SMILES string of the molecule is CCCOc1ccc(Cl)cc1/C(=C/C(=O)O)CCC. The molecule has 19 heavy (non-hydrogen) atoms. The first-order chi connectivity index (χ1) is 9.08. The molecule has 1 N–H and O–H groups in total. The molecule has 0 aliphatic heterocycles. The molecule has 104 valence electrons. The maximum absolute atomic E-state index is 10.9. The van der Waals surface area contributed by atoms with Gasteiger partial charge in [-0.1, -0.05) is 31.9 Å². The van der Waals surface area contributed by atoms with Crippen LogP contribution in [-0.2, 0) is 4.79 Å². The average molecular weight is 283 g/mol. The van der Waals surface area contributed by atoms with E-state index in [0.29, 0.717) is 23.8 Å². The number of rotatable bonds is 7. The van der Waals surface area contributed by atoms with Gasteiger partial charge in [-0.25, -0.2) is 4.79 Å². The summed E-state index contributed by atoms with van der Waals surface area (Å²) in [4.78, 5) is 10.9. The van der Waals surface area contributed by atoms with E-state index in [2.05, 4.69) is 0 Å². The molecule has 0 spiro atoms. The third-order valence-corrected chi connectivity index (χ3v) is 2.80. The van der Waals surface area contributed by atoms with Crippen LogP contribution < -0.4 is 4.74 Å². The highest BCUT2D eigenvalue weighted by atomic mass is 35.5. The van der Waals surface area contributed by atoms with Crippen molar-refractivity contribution in [3.63, 3.8) is 0 Å². The number of benzene rings is 1. The lowest BCUT2D eigenvalue weighted by Crippen LogP contribution is -2.00. The highest BCUT2D eigenvalue weighted by Crippen LogP contribution is 2.32. The van der Waals surface area contributed by atoms with Crippen LogP contribution in [0.5, 0.6) is 5.75 Å². The van der Waals surface area contributed by atoms with Crippen molar-refractivity contribution in [2.45, 2.75) is 33.1 Å². The lowest BCUT2D eigenvalue weighted by molar-refractivity contribution is -0.131. The minimum atomic E-state index is -0.954. The van der Waals surface area contributed by atoms with Gasteiger partial charge in [0.15, 0.2) is 0 Å². The number of carboxylic acids is 1. The van der Waals surface area contributed by atoms with Gasteiger partial charge in [-0.15, -0.1) is 0 Å². The van der Waals surface area contributed by atoms with Gasteiger partial charge in [-0.05, 0) is 36.6 Å². The Morgan fingerprint density at radius 1 is 1.37 bits per heavy atom. The number of hydrogen-bond donors (Lipinski definition) is 1. The minimum absolute atomic E-state index is 0.575. The molecular formula is C15H19ClO3. The summed E-state index contributed by atoms with van der Waals surface area (Å²) in [7, 11) is 0. The summed E-state index contributed by atoms with van der Waals surface area (Å²) < 4.78 is 5.66. The molecule has 0 heterocycles. The molecule has 3 nitrogen and oxygen atoms in total. The van der Waals surface area contributed by atoms with Crippen LogP contribution in [0, 0.1) is 0 Å². The predicted molar refractivity (Wildman–Crippen MR) is 77.8 cm³/mol. The lowest BCUT2D eigenvalue weighted by atomic mass is 10.00. The van der Waals surface area contributed by atoms with Gasteiger partial charge in [0.05, 0.1) is 6.61 Å². The van der Waals surface area contributed by atoms with Crippen LogP contribution in [0.3, 0.4) is 0 Å². The van der Waals surface area contributed by atoms with Crippen LogP contribution >= 0.6 is 11.6 Å². The van der Waals surface area contributed by atoms with Crippen LogP contribution in [0.4, 0.5) is 0 Å². The molecule has 0 fully saturated rings. The topological polar surface area (TPSA) is 46.5 Å². The summed E-state index contributed by atoms with van der Waals surface area (Å²) in [5, 5.41) is 9.53. The zero-order valence-electron chi connectivity index (χ0n) is 11.3. The third-order valence-electron chi connectivity index (χ3n) is 2.57. The van der Waals surface area contributed by atoms with Gasteiger partial charge >= 0.3 is 5.97 Å². The van der Waals surface area contributed by atoms with E-state index in [9.17, 15) is 4.79 Å². The Morgan fingerprint density at radius 3 is 2.68 bits per heavy atom. The molecule has 0 radical (unpaired) electrons. The second-order valence-electron chi connectivity index (χ2n) is 4.25. The van der Waals surface area contributed by atoms with E-state index in [1.807, 2.05) is 13.8 Å². The number of aliphatic carboxylic acids is 1. The van der Waals surface area contributed by atoms with Crippen LogP contribution in [0.1, 0.15) is 38.7 Å². The highest BCUT2D eigenvalue weighted by Gasteiger charge is 2.11. The Morgan fingerprint density at radius 2 is 2.11 bits per heavy atom. The molecule has 0 aliphatic carbocycles. The first kappa shape index (κ1) is 15.6. The van der Waals surface area contributed by atoms with Crippen molar-refractivity contribution in [3.8, 4) is 5.75 Å². The number of ether oxygens (including phenoxy) is 1. The van der Waals surface area contributed by atoms with Crippen molar-refractivity contribution >= 4 is 23.1 Å². The highest BCUT2D eigenvalue weighted by molar-refractivity contribution is 6.30. The monoisotopic (exact) mass is 282 g/mol. The summed E-state index contributed by atoms with van der Waals surface area (Å²) in [5.41, 5.74) is 1.51. The van der Waals surface area contributed by atoms with Gasteiger partial charge in [-0.2, -0.15) is 0 Å². The zero-order chi connectivity index (χ0) is 14.3. The quantitative estimate of drug-likeness (QED) is 0.754. The Bertz CT molecular complexity index is 466. The van der Waals surface area contributed by atoms with Gasteiger partial charge in [0.2, 0.25) is 0 Å². The van der Waals surface area contributed by atoms with Gasteiger partial charge in [0, 0.05) is 16.7 Å². The van der Waals surface area contributed by atoms with E-state index in [0.717, 1.165) is 24.0 Å². The number of halogens is 1. The fraction of sp³-hybridized carbons (Fsp3) is 0.400. The molecule has 4 heteroatoms. The van der Waals surface area contributed by atoms with Crippen molar-refractivity contribution in [1.82, 2.24) is 0 Å². The lowest BCUT2D eigenvalue weighted by Gasteiger charge is -2.13. The minimum Gasteiger partial charge on any atom is -0.493 e. The van der Waals surface area contributed by atoms with Gasteiger partial charge in [0.1, 0.15) is 5.75 Å². The van der Waals surface area contributed by atoms with E-state index in [1.54, 1.807) is 18.2 Å². The normalized spacial score (nSPS) is 11.4. The number of hydrogen-bond acceptors (Lipinski definition) is 2. The summed E-state index contributed by atoms with van der Waals surface area (Å²) in [6, 6.07) is 5.30. The van der Waals surface area contributed by atoms with E-state index in [-0.39, 0.29) is 0 Å². The largest absolute Gasteiger partial charge is 0.493 e. The second kappa shape index (κ2) is 7.85. The third kappa shape index (κ3) is 4.95. The van der Waals surface area contributed by atoms with E-state index in [4.69, 9.17) is 21.4 Å². The standard InChI is InChI=1S/C15H19ClO3/c1-3-5-11(9-15(17)18)13-10-12(16)6-7-14(13)19-8-4-2/h6-7,9-10H,3-5,8H2,1-2H3,(H,17,18)/b11-9+. The molecule has 1 aromatic carbocycles. The van der Waals surface area contributed by atoms with Gasteiger partial charge in [0.25, 0.3) is 0 Å². The van der Waals surface area contributed by atoms with E-state index < -0.39 is 5.97 Å². The van der Waals surface area contributed by atoms with Crippen LogP contribution in [-0.4, -0.2) is 17.7 Å². The zero-order valence-corrected chi connectivity index (χ0v) is 12.0. The Labute approximate surface area is 118 Å². The van der Waals surface area contributed by atoms with Crippen LogP contribution in [0.15, 0.2) is 24.3 Å². The molecule has 0 bridgehead atoms. The average Bonchev–Trinajstić information content (AvgIpc) is 2.36. The van der Waals surface area contributed by atoms with Crippen molar-refractivity contribution in [1.29, 1.82) is 0 Å². The van der Waals surface area contributed by atoms with Gasteiger partial charge in [-0.3, -0.25) is 0 Å². The number of allylic oxidation sites excluding steroid dienone is 1. The molecule has 0 unspecified atom stereocenters. The molecule has 0 aromatic heterocycles. The Kier molecular flexibility index (Phi) is 6.43. The van der Waals surface area contributed by atoms with Crippen molar-refractivity contribution in [2.75, 3.05) is 6.61 Å². The maximum Gasteiger partial charge on any atom is 0.328 e. The van der Waals surface area contributed by atoms with E-state index >= 15 is 0 Å². The van der Waals surface area contributed by atoms with Crippen LogP contribution in [0.25, 0.3) is 5.57 Å². The fourth-order valence-electron chi connectivity index (χ4n) is 1.79. The molecular weight excluding hydrogens is 264 g/mol.